The summed E-state index contributed by atoms with van der Waals surface area (Å²) < 4.78 is 10.5. The molecule has 0 amide bonds. The topological polar surface area (TPSA) is 75.5 Å². The van der Waals surface area contributed by atoms with Crippen LogP contribution < -0.4 is 0 Å². The molecule has 8 heteroatoms. The number of carbonyl (C=O) groups is 1. The maximum atomic E-state index is 11.0. The van der Waals surface area contributed by atoms with Crippen LogP contribution in [0.15, 0.2) is 5.16 Å². The second-order valence-electron chi connectivity index (χ2n) is 2.49. The van der Waals surface area contributed by atoms with E-state index in [1.165, 1.54) is 18.9 Å². The highest BCUT2D eigenvalue weighted by Crippen LogP contribution is 2.14. The minimum atomic E-state index is -0.382. The average molecular weight is 233 g/mol. The van der Waals surface area contributed by atoms with E-state index in [-0.39, 0.29) is 12.5 Å². The molecule has 1 heterocycles. The second kappa shape index (κ2) is 5.69. The normalized spacial score (nSPS) is 10.3. The first-order valence-electron chi connectivity index (χ1n) is 4.03. The van der Waals surface area contributed by atoms with Gasteiger partial charge in [0.15, 0.2) is 0 Å². The number of aromatic nitrogens is 3. The van der Waals surface area contributed by atoms with E-state index >= 15 is 0 Å². The number of esters is 1. The van der Waals surface area contributed by atoms with Crippen molar-refractivity contribution in [2.24, 2.45) is 0 Å². The van der Waals surface area contributed by atoms with Gasteiger partial charge in [-0.15, -0.1) is 5.10 Å². The SMILES string of the molecule is COOSc1nc(C)n(CC(=O)OC)n1. The van der Waals surface area contributed by atoms with Gasteiger partial charge in [0, 0.05) is 0 Å². The number of rotatable bonds is 5. The van der Waals surface area contributed by atoms with Gasteiger partial charge >= 0.3 is 5.97 Å². The molecule has 0 bridgehead atoms. The molecule has 15 heavy (non-hydrogen) atoms. The van der Waals surface area contributed by atoms with Gasteiger partial charge in [0.2, 0.25) is 5.16 Å². The Morgan fingerprint density at radius 1 is 1.53 bits per heavy atom. The highest BCUT2D eigenvalue weighted by Gasteiger charge is 2.10. The van der Waals surface area contributed by atoms with Gasteiger partial charge < -0.3 is 4.74 Å². The molecule has 0 aliphatic heterocycles. The third-order valence-electron chi connectivity index (χ3n) is 1.52. The quantitative estimate of drug-likeness (QED) is 0.314. The fourth-order valence-corrected chi connectivity index (χ4v) is 1.26. The molecule has 0 aliphatic rings. The average Bonchev–Trinajstić information content (AvgIpc) is 2.56. The van der Waals surface area contributed by atoms with E-state index in [0.717, 1.165) is 12.0 Å². The van der Waals surface area contributed by atoms with Crippen LogP contribution in [0.25, 0.3) is 0 Å². The number of hydrogen-bond acceptors (Lipinski definition) is 7. The van der Waals surface area contributed by atoms with Gasteiger partial charge in [-0.1, -0.05) is 0 Å². The van der Waals surface area contributed by atoms with Gasteiger partial charge in [-0.05, 0) is 6.92 Å². The first kappa shape index (κ1) is 12.0. The molecule has 1 rings (SSSR count). The molecule has 0 radical (unpaired) electrons. The van der Waals surface area contributed by atoms with Crippen LogP contribution in [0, 0.1) is 6.92 Å². The van der Waals surface area contributed by atoms with Crippen molar-refractivity contribution in [1.29, 1.82) is 0 Å². The zero-order valence-corrected chi connectivity index (χ0v) is 9.41. The van der Waals surface area contributed by atoms with Crippen LogP contribution in [0.1, 0.15) is 5.82 Å². The first-order chi connectivity index (χ1) is 7.17. The molecule has 0 saturated carbocycles. The molecule has 0 aromatic carbocycles. The molecule has 0 fully saturated rings. The van der Waals surface area contributed by atoms with Crippen LogP contribution in [0.5, 0.6) is 0 Å². The predicted octanol–water partition coefficient (Wildman–Crippen LogP) is 0.345. The molecule has 0 N–H and O–H groups in total. The molecular weight excluding hydrogens is 222 g/mol. The molecule has 7 nitrogen and oxygen atoms in total. The van der Waals surface area contributed by atoms with Gasteiger partial charge in [-0.3, -0.25) is 4.79 Å². The van der Waals surface area contributed by atoms with Crippen molar-refractivity contribution >= 4 is 18.0 Å². The number of aryl methyl sites for hydroxylation is 1. The number of carbonyl (C=O) groups excluding carboxylic acids is 1. The van der Waals surface area contributed by atoms with E-state index in [1.54, 1.807) is 6.92 Å². The highest BCUT2D eigenvalue weighted by molar-refractivity contribution is 7.94. The molecular formula is C7H11N3O4S. The monoisotopic (exact) mass is 233 g/mol. The van der Waals surface area contributed by atoms with Crippen LogP contribution in [0.4, 0.5) is 0 Å². The summed E-state index contributed by atoms with van der Waals surface area (Å²) in [5, 5.41) is 4.37. The van der Waals surface area contributed by atoms with Crippen molar-refractivity contribution < 1.29 is 18.8 Å². The van der Waals surface area contributed by atoms with E-state index < -0.39 is 0 Å². The fourth-order valence-electron chi connectivity index (χ4n) is 0.830. The number of ether oxygens (including phenoxy) is 1. The second-order valence-corrected chi connectivity index (χ2v) is 3.16. The molecule has 84 valence electrons. The van der Waals surface area contributed by atoms with Crippen molar-refractivity contribution in [3.63, 3.8) is 0 Å². The van der Waals surface area contributed by atoms with E-state index in [9.17, 15) is 4.79 Å². The van der Waals surface area contributed by atoms with Crippen molar-refractivity contribution in [3.8, 4) is 0 Å². The van der Waals surface area contributed by atoms with E-state index in [4.69, 9.17) is 0 Å². The summed E-state index contributed by atoms with van der Waals surface area (Å²) in [7, 11) is 2.70. The molecule has 1 aromatic rings. The number of methoxy groups -OCH3 is 1. The summed E-state index contributed by atoms with van der Waals surface area (Å²) in [6, 6.07) is 0. The minimum absolute atomic E-state index is 0.0306. The molecule has 0 spiro atoms. The fraction of sp³-hybridized carbons (Fsp3) is 0.571. The molecule has 1 aromatic heterocycles. The van der Waals surface area contributed by atoms with Gasteiger partial charge in [0.05, 0.1) is 14.2 Å². The van der Waals surface area contributed by atoms with Gasteiger partial charge in [-0.25, -0.2) is 14.6 Å². The molecule has 0 saturated heterocycles. The van der Waals surface area contributed by atoms with Crippen LogP contribution in [-0.2, 0) is 25.3 Å². The summed E-state index contributed by atoms with van der Waals surface area (Å²) in [6.07, 6.45) is 0. The number of nitrogens with zero attached hydrogens (tertiary/aromatic N) is 3. The maximum absolute atomic E-state index is 11.0. The largest absolute Gasteiger partial charge is 0.468 e. The van der Waals surface area contributed by atoms with E-state index in [1.807, 2.05) is 0 Å². The zero-order valence-electron chi connectivity index (χ0n) is 8.59. The lowest BCUT2D eigenvalue weighted by molar-refractivity contribution is -0.160. The molecule has 0 unspecified atom stereocenters. The lowest BCUT2D eigenvalue weighted by Crippen LogP contribution is -2.13. The predicted molar refractivity (Wildman–Crippen MR) is 50.7 cm³/mol. The standard InChI is InChI=1S/C7H11N3O4S/c1-5-8-7(15-14-13-3)9-10(5)4-6(11)12-2/h4H2,1-3H3. The Kier molecular flexibility index (Phi) is 4.53. The summed E-state index contributed by atoms with van der Waals surface area (Å²) in [5.74, 6) is 0.217. The third-order valence-corrected chi connectivity index (χ3v) is 2.05. The summed E-state index contributed by atoms with van der Waals surface area (Å²) in [5.41, 5.74) is 0. The van der Waals surface area contributed by atoms with Crippen LogP contribution in [0.2, 0.25) is 0 Å². The Balaban J connectivity index is 2.64. The Morgan fingerprint density at radius 2 is 2.27 bits per heavy atom. The highest BCUT2D eigenvalue weighted by atomic mass is 32.2. The summed E-state index contributed by atoms with van der Waals surface area (Å²) in [6.45, 7) is 1.76. The van der Waals surface area contributed by atoms with Crippen LogP contribution in [-0.4, -0.2) is 35.0 Å². The van der Waals surface area contributed by atoms with Crippen molar-refractivity contribution in [2.45, 2.75) is 18.6 Å². The maximum Gasteiger partial charge on any atom is 0.327 e. The summed E-state index contributed by atoms with van der Waals surface area (Å²) >= 11 is 0.873. The van der Waals surface area contributed by atoms with Gasteiger partial charge in [-0.2, -0.15) is 4.33 Å². The Hall–Kier alpha value is -1.12. The molecule has 0 atom stereocenters. The van der Waals surface area contributed by atoms with Crippen molar-refractivity contribution in [3.05, 3.63) is 5.82 Å². The van der Waals surface area contributed by atoms with E-state index in [2.05, 4.69) is 24.0 Å². The first-order valence-corrected chi connectivity index (χ1v) is 4.77. The van der Waals surface area contributed by atoms with Crippen molar-refractivity contribution in [2.75, 3.05) is 14.2 Å². The zero-order chi connectivity index (χ0) is 11.3. The minimum Gasteiger partial charge on any atom is -0.468 e. The van der Waals surface area contributed by atoms with E-state index in [0.29, 0.717) is 11.0 Å². The van der Waals surface area contributed by atoms with Gasteiger partial charge in [0.1, 0.15) is 24.4 Å². The Labute approximate surface area is 90.8 Å². The third kappa shape index (κ3) is 3.50. The lowest BCUT2D eigenvalue weighted by atomic mass is 10.6. The molecule has 0 aliphatic carbocycles. The van der Waals surface area contributed by atoms with Crippen LogP contribution >= 0.6 is 12.0 Å². The van der Waals surface area contributed by atoms with Crippen LogP contribution in [0.3, 0.4) is 0 Å². The lowest BCUT2D eigenvalue weighted by Gasteiger charge is -1.99. The smallest absolute Gasteiger partial charge is 0.327 e. The number of hydrogen-bond donors (Lipinski definition) is 0. The Morgan fingerprint density at radius 3 is 2.87 bits per heavy atom. The Bertz CT molecular complexity index is 341. The van der Waals surface area contributed by atoms with Gasteiger partial charge in [0.25, 0.3) is 0 Å². The summed E-state index contributed by atoms with van der Waals surface area (Å²) in [4.78, 5) is 19.4. The van der Waals surface area contributed by atoms with Crippen molar-refractivity contribution in [1.82, 2.24) is 14.8 Å².